The zero-order chi connectivity index (χ0) is 23.3. The van der Waals surface area contributed by atoms with Gasteiger partial charge in [0, 0.05) is 31.9 Å². The van der Waals surface area contributed by atoms with Crippen LogP contribution in [0.1, 0.15) is 30.4 Å². The summed E-state index contributed by atoms with van der Waals surface area (Å²) in [6.07, 6.45) is 3.54. The van der Waals surface area contributed by atoms with Gasteiger partial charge in [-0.1, -0.05) is 6.07 Å². The predicted octanol–water partition coefficient (Wildman–Crippen LogP) is 1.46. The molecule has 1 unspecified atom stereocenters. The topological polar surface area (TPSA) is 109 Å². The van der Waals surface area contributed by atoms with E-state index >= 15 is 0 Å². The zero-order valence-corrected chi connectivity index (χ0v) is 17.9. The number of hydrogen-bond acceptors (Lipinski definition) is 7. The van der Waals surface area contributed by atoms with E-state index in [9.17, 15) is 18.4 Å². The lowest BCUT2D eigenvalue weighted by atomic mass is 10.2. The van der Waals surface area contributed by atoms with E-state index in [0.29, 0.717) is 24.8 Å². The molecule has 2 aliphatic rings. The first kappa shape index (κ1) is 20.9. The number of nitrogens with one attached hydrogen (secondary N) is 1. The molecule has 3 aromatic rings. The van der Waals surface area contributed by atoms with E-state index in [1.165, 1.54) is 18.5 Å². The van der Waals surface area contributed by atoms with Crippen molar-refractivity contribution in [2.24, 2.45) is 5.10 Å². The summed E-state index contributed by atoms with van der Waals surface area (Å²) < 4.78 is 29.5. The quantitative estimate of drug-likeness (QED) is 0.642. The van der Waals surface area contributed by atoms with Crippen molar-refractivity contribution in [1.29, 1.82) is 0 Å². The Hall–Kier alpha value is -3.96. The smallest absolute Gasteiger partial charge is 0.289 e. The summed E-state index contributed by atoms with van der Waals surface area (Å²) in [5.74, 6) is -2.80. The first-order valence-corrected chi connectivity index (χ1v) is 10.4. The number of aromatic nitrogens is 4. The molecule has 1 N–H and O–H groups in total. The van der Waals surface area contributed by atoms with Gasteiger partial charge in [-0.25, -0.2) is 23.4 Å². The van der Waals surface area contributed by atoms with Gasteiger partial charge >= 0.3 is 0 Å². The summed E-state index contributed by atoms with van der Waals surface area (Å²) in [4.78, 5) is 35.6. The van der Waals surface area contributed by atoms with Crippen molar-refractivity contribution in [2.45, 2.75) is 32.0 Å². The van der Waals surface area contributed by atoms with Crippen LogP contribution in [0.3, 0.4) is 0 Å². The van der Waals surface area contributed by atoms with Crippen molar-refractivity contribution in [3.05, 3.63) is 48.1 Å². The molecule has 2 amide bonds. The van der Waals surface area contributed by atoms with Crippen molar-refractivity contribution in [1.82, 2.24) is 35.0 Å². The molecule has 4 heterocycles. The average Bonchev–Trinajstić information content (AvgIpc) is 3.35. The van der Waals surface area contributed by atoms with Gasteiger partial charge in [0.05, 0.1) is 11.6 Å². The fraction of sp³-hybridized carbons (Fsp3) is 0.333. The third kappa shape index (κ3) is 3.56. The Morgan fingerprint density at radius 1 is 1.21 bits per heavy atom. The number of benzene rings is 1. The number of halogens is 2. The van der Waals surface area contributed by atoms with Gasteiger partial charge in [0.1, 0.15) is 17.9 Å². The monoisotopic (exact) mass is 454 g/mol. The standard InChI is InChI=1S/C21H20F2N8O2/c1-11-8-16-29(2)21(33)15(6-7-30(16)28-11)26-20(32)18-24-9-12-10-25-31(19(12)27-18)17-13(22)4-3-5-14(17)23/h3-5,9-10,15-16H,6-8H2,1-2H3,(H,26,32)/t15-,16?/m0/s1. The van der Waals surface area contributed by atoms with Crippen LogP contribution in [0.2, 0.25) is 0 Å². The lowest BCUT2D eigenvalue weighted by molar-refractivity contribution is -0.135. The van der Waals surface area contributed by atoms with E-state index in [-0.39, 0.29) is 23.5 Å². The first-order chi connectivity index (χ1) is 15.8. The Bertz CT molecular complexity index is 1290. The van der Waals surface area contributed by atoms with E-state index in [4.69, 9.17) is 0 Å². The van der Waals surface area contributed by atoms with Gasteiger partial charge in [0.15, 0.2) is 17.3 Å². The second-order valence-electron chi connectivity index (χ2n) is 8.05. The Balaban J connectivity index is 1.42. The highest BCUT2D eigenvalue weighted by Crippen LogP contribution is 2.24. The lowest BCUT2D eigenvalue weighted by Gasteiger charge is -2.29. The Kier molecular flexibility index (Phi) is 4.99. The molecule has 1 fully saturated rings. The van der Waals surface area contributed by atoms with Gasteiger partial charge in [-0.2, -0.15) is 10.2 Å². The summed E-state index contributed by atoms with van der Waals surface area (Å²) >= 11 is 0. The molecule has 2 atom stereocenters. The van der Waals surface area contributed by atoms with E-state index < -0.39 is 29.3 Å². The number of hydrazone groups is 1. The fourth-order valence-corrected chi connectivity index (χ4v) is 4.15. The van der Waals surface area contributed by atoms with E-state index in [0.717, 1.165) is 22.5 Å². The molecule has 170 valence electrons. The molecule has 12 heteroatoms. The summed E-state index contributed by atoms with van der Waals surface area (Å²) in [5.41, 5.74) is 0.607. The van der Waals surface area contributed by atoms with Crippen LogP contribution in [-0.4, -0.2) is 73.0 Å². The van der Waals surface area contributed by atoms with Gasteiger partial charge in [0.2, 0.25) is 11.7 Å². The molecule has 0 aliphatic carbocycles. The van der Waals surface area contributed by atoms with Crippen LogP contribution in [0, 0.1) is 11.6 Å². The molecular formula is C21H20F2N8O2. The van der Waals surface area contributed by atoms with Crippen molar-refractivity contribution in [3.63, 3.8) is 0 Å². The second-order valence-corrected chi connectivity index (χ2v) is 8.05. The number of hydrogen-bond donors (Lipinski definition) is 1. The Morgan fingerprint density at radius 3 is 2.73 bits per heavy atom. The van der Waals surface area contributed by atoms with Crippen LogP contribution in [0.5, 0.6) is 0 Å². The molecule has 33 heavy (non-hydrogen) atoms. The van der Waals surface area contributed by atoms with Gasteiger partial charge in [0.25, 0.3) is 5.91 Å². The zero-order valence-electron chi connectivity index (χ0n) is 17.9. The third-order valence-electron chi connectivity index (χ3n) is 5.83. The van der Waals surface area contributed by atoms with Crippen molar-refractivity contribution >= 4 is 28.6 Å². The highest BCUT2D eigenvalue weighted by atomic mass is 19.1. The number of likely N-dealkylation sites (N-methyl/N-ethyl adjacent to an activating group) is 1. The number of fused-ring (bicyclic) bond motifs is 2. The van der Waals surface area contributed by atoms with Crippen LogP contribution < -0.4 is 5.32 Å². The highest BCUT2D eigenvalue weighted by Gasteiger charge is 2.38. The van der Waals surface area contributed by atoms with Gasteiger partial charge in [-0.3, -0.25) is 14.6 Å². The van der Waals surface area contributed by atoms with Crippen molar-refractivity contribution in [2.75, 3.05) is 13.6 Å². The van der Waals surface area contributed by atoms with Gasteiger partial charge < -0.3 is 10.2 Å². The fourth-order valence-electron chi connectivity index (χ4n) is 4.15. The molecule has 2 aromatic heterocycles. The van der Waals surface area contributed by atoms with E-state index in [2.05, 4.69) is 25.5 Å². The van der Waals surface area contributed by atoms with Crippen LogP contribution in [0.4, 0.5) is 8.78 Å². The normalized spacial score (nSPS) is 20.6. The van der Waals surface area contributed by atoms with E-state index in [1.807, 2.05) is 11.9 Å². The minimum absolute atomic E-state index is 0.0638. The Labute approximate surface area is 186 Å². The molecule has 10 nitrogen and oxygen atoms in total. The van der Waals surface area contributed by atoms with Gasteiger partial charge in [-0.05, 0) is 25.5 Å². The first-order valence-electron chi connectivity index (χ1n) is 10.4. The molecule has 0 radical (unpaired) electrons. The summed E-state index contributed by atoms with van der Waals surface area (Å²) in [6, 6.07) is 2.67. The molecule has 5 rings (SSSR count). The van der Waals surface area contributed by atoms with Crippen molar-refractivity contribution in [3.8, 4) is 5.69 Å². The summed E-state index contributed by atoms with van der Waals surface area (Å²) in [5, 5.41) is 13.4. The molecule has 0 saturated carbocycles. The van der Waals surface area contributed by atoms with Crippen LogP contribution in [-0.2, 0) is 4.79 Å². The number of carbonyl (C=O) groups is 2. The SMILES string of the molecule is CC1=NN2CC[C@H](NC(=O)c3ncc4cnn(-c5c(F)cccc5F)c4n3)C(=O)N(C)C2C1. The van der Waals surface area contributed by atoms with Gasteiger partial charge in [-0.15, -0.1) is 0 Å². The number of amides is 2. The second kappa shape index (κ2) is 7.87. The molecular weight excluding hydrogens is 434 g/mol. The third-order valence-corrected chi connectivity index (χ3v) is 5.83. The Morgan fingerprint density at radius 2 is 1.97 bits per heavy atom. The van der Waals surface area contributed by atoms with Crippen molar-refractivity contribution < 1.29 is 18.4 Å². The number of carbonyl (C=O) groups excluding carboxylic acids is 2. The summed E-state index contributed by atoms with van der Waals surface area (Å²) in [6.45, 7) is 2.42. The minimum Gasteiger partial charge on any atom is -0.337 e. The minimum atomic E-state index is -0.824. The number of rotatable bonds is 3. The largest absolute Gasteiger partial charge is 0.337 e. The van der Waals surface area contributed by atoms with E-state index in [1.54, 1.807) is 11.9 Å². The molecule has 1 saturated heterocycles. The predicted molar refractivity (Wildman–Crippen MR) is 113 cm³/mol. The number of para-hydroxylation sites is 1. The molecule has 1 aromatic carbocycles. The molecule has 0 bridgehead atoms. The maximum Gasteiger partial charge on any atom is 0.289 e. The summed E-state index contributed by atoms with van der Waals surface area (Å²) in [7, 11) is 1.68. The molecule has 2 aliphatic heterocycles. The van der Waals surface area contributed by atoms with Crippen LogP contribution >= 0.6 is 0 Å². The van der Waals surface area contributed by atoms with Crippen LogP contribution in [0.15, 0.2) is 35.7 Å². The average molecular weight is 454 g/mol. The maximum atomic E-state index is 14.3. The van der Waals surface area contributed by atoms with Crippen LogP contribution in [0.25, 0.3) is 16.7 Å². The number of nitrogens with zero attached hydrogens (tertiary/aromatic N) is 7. The highest BCUT2D eigenvalue weighted by molar-refractivity contribution is 5.96. The molecule has 0 spiro atoms. The lowest BCUT2D eigenvalue weighted by Crippen LogP contribution is -2.49. The maximum absolute atomic E-state index is 14.3.